The van der Waals surface area contributed by atoms with Gasteiger partial charge in [-0.05, 0) is 34.1 Å². The van der Waals surface area contributed by atoms with Gasteiger partial charge in [0.05, 0.1) is 0 Å². The third-order valence-electron chi connectivity index (χ3n) is 1.82. The fourth-order valence-electron chi connectivity index (χ4n) is 1.19. The Labute approximate surface area is 79.4 Å². The van der Waals surface area contributed by atoms with Crippen LogP contribution in [0.3, 0.4) is 0 Å². The average molecular weight is 183 g/mol. The van der Waals surface area contributed by atoms with Crippen molar-refractivity contribution in [2.75, 3.05) is 0 Å². The van der Waals surface area contributed by atoms with E-state index in [2.05, 4.69) is 0 Å². The predicted octanol–water partition coefficient (Wildman–Crippen LogP) is 2.53. The molecular formula is C10H17NO2. The predicted molar refractivity (Wildman–Crippen MR) is 51.3 cm³/mol. The number of hydrogen-bond donors (Lipinski definition) is 0. The third kappa shape index (κ3) is 2.76. The van der Waals surface area contributed by atoms with Crippen molar-refractivity contribution < 1.29 is 9.53 Å². The minimum atomic E-state index is -0.409. The topological polar surface area (TPSA) is 29.5 Å². The van der Waals surface area contributed by atoms with Crippen molar-refractivity contribution in [1.82, 2.24) is 4.90 Å². The highest BCUT2D eigenvalue weighted by molar-refractivity contribution is 5.70. The zero-order valence-corrected chi connectivity index (χ0v) is 8.70. The Morgan fingerprint density at radius 1 is 1.54 bits per heavy atom. The molecule has 0 radical (unpaired) electrons. The lowest BCUT2D eigenvalue weighted by molar-refractivity contribution is 0.0299. The Morgan fingerprint density at radius 2 is 2.15 bits per heavy atom. The lowest BCUT2D eigenvalue weighted by Crippen LogP contribution is -2.36. The normalized spacial score (nSPS) is 22.2. The molecule has 13 heavy (non-hydrogen) atoms. The molecule has 1 amide bonds. The first-order chi connectivity index (χ1) is 5.90. The van der Waals surface area contributed by atoms with Crippen molar-refractivity contribution >= 4 is 6.09 Å². The van der Waals surface area contributed by atoms with Gasteiger partial charge < -0.3 is 4.74 Å². The number of amides is 1. The summed E-state index contributed by atoms with van der Waals surface area (Å²) < 4.78 is 5.23. The van der Waals surface area contributed by atoms with Gasteiger partial charge in [0, 0.05) is 12.2 Å². The van der Waals surface area contributed by atoms with Crippen LogP contribution in [0.1, 0.15) is 34.1 Å². The van der Waals surface area contributed by atoms with Gasteiger partial charge in [-0.1, -0.05) is 6.08 Å². The van der Waals surface area contributed by atoms with E-state index in [1.54, 1.807) is 11.1 Å². The van der Waals surface area contributed by atoms with E-state index in [0.717, 1.165) is 6.42 Å². The number of carbonyl (C=O) groups is 1. The van der Waals surface area contributed by atoms with E-state index in [4.69, 9.17) is 4.74 Å². The molecule has 3 nitrogen and oxygen atoms in total. The largest absolute Gasteiger partial charge is 0.443 e. The molecule has 0 aliphatic carbocycles. The minimum Gasteiger partial charge on any atom is -0.443 e. The summed E-state index contributed by atoms with van der Waals surface area (Å²) in [7, 11) is 0. The Balaban J connectivity index is 2.53. The summed E-state index contributed by atoms with van der Waals surface area (Å²) in [6.07, 6.45) is 4.43. The van der Waals surface area contributed by atoms with Gasteiger partial charge in [-0.15, -0.1) is 0 Å². The molecule has 1 atom stereocenters. The summed E-state index contributed by atoms with van der Waals surface area (Å²) in [5, 5.41) is 0. The van der Waals surface area contributed by atoms with E-state index in [1.165, 1.54) is 0 Å². The van der Waals surface area contributed by atoms with Crippen molar-refractivity contribution in [3.05, 3.63) is 12.3 Å². The highest BCUT2D eigenvalue weighted by Gasteiger charge is 2.26. The summed E-state index contributed by atoms with van der Waals surface area (Å²) >= 11 is 0. The van der Waals surface area contributed by atoms with Crippen molar-refractivity contribution in [2.45, 2.75) is 45.8 Å². The van der Waals surface area contributed by atoms with Gasteiger partial charge in [0.2, 0.25) is 0 Å². The molecule has 0 aromatic heterocycles. The molecule has 1 rings (SSSR count). The number of ether oxygens (including phenoxy) is 1. The van der Waals surface area contributed by atoms with Crippen LogP contribution in [-0.2, 0) is 4.74 Å². The van der Waals surface area contributed by atoms with Gasteiger partial charge in [0.1, 0.15) is 5.60 Å². The number of carbonyl (C=O) groups excluding carboxylic acids is 1. The van der Waals surface area contributed by atoms with Crippen LogP contribution in [0.15, 0.2) is 12.3 Å². The van der Waals surface area contributed by atoms with Crippen molar-refractivity contribution in [3.63, 3.8) is 0 Å². The number of nitrogens with zero attached hydrogens (tertiary/aromatic N) is 1. The highest BCUT2D eigenvalue weighted by Crippen LogP contribution is 2.17. The van der Waals surface area contributed by atoms with Crippen LogP contribution in [-0.4, -0.2) is 22.6 Å². The van der Waals surface area contributed by atoms with E-state index in [9.17, 15) is 4.79 Å². The Bertz CT molecular complexity index is 228. The smallest absolute Gasteiger partial charge is 0.414 e. The first kappa shape index (κ1) is 10.1. The Kier molecular flexibility index (Phi) is 2.64. The van der Waals surface area contributed by atoms with Gasteiger partial charge in [-0.25, -0.2) is 4.79 Å². The van der Waals surface area contributed by atoms with Crippen LogP contribution < -0.4 is 0 Å². The maximum absolute atomic E-state index is 11.5. The van der Waals surface area contributed by atoms with E-state index in [-0.39, 0.29) is 12.1 Å². The van der Waals surface area contributed by atoms with E-state index in [0.29, 0.717) is 0 Å². The average Bonchev–Trinajstić information content (AvgIpc) is 2.30. The standard InChI is InChI=1S/C10H17NO2/c1-8-6-5-7-11(8)9(12)13-10(2,3)4/h5,7-8H,6H2,1-4H3/t8-/m1/s1. The van der Waals surface area contributed by atoms with Crippen LogP contribution in [0, 0.1) is 0 Å². The fraction of sp³-hybridized carbons (Fsp3) is 0.700. The summed E-state index contributed by atoms with van der Waals surface area (Å²) in [6, 6.07) is 0.231. The lowest BCUT2D eigenvalue weighted by atomic mass is 10.2. The third-order valence-corrected chi connectivity index (χ3v) is 1.82. The molecule has 0 bridgehead atoms. The van der Waals surface area contributed by atoms with Crippen molar-refractivity contribution in [2.24, 2.45) is 0 Å². The monoisotopic (exact) mass is 183 g/mol. The van der Waals surface area contributed by atoms with Gasteiger partial charge in [-0.3, -0.25) is 4.90 Å². The second kappa shape index (κ2) is 3.40. The summed E-state index contributed by atoms with van der Waals surface area (Å²) in [5.74, 6) is 0. The van der Waals surface area contributed by atoms with Crippen LogP contribution in [0.2, 0.25) is 0 Å². The zero-order valence-electron chi connectivity index (χ0n) is 8.70. The molecule has 0 saturated heterocycles. The molecule has 1 aliphatic heterocycles. The lowest BCUT2D eigenvalue weighted by Gasteiger charge is -2.26. The van der Waals surface area contributed by atoms with Gasteiger partial charge >= 0.3 is 6.09 Å². The maximum Gasteiger partial charge on any atom is 0.414 e. The van der Waals surface area contributed by atoms with Crippen molar-refractivity contribution in [3.8, 4) is 0 Å². The van der Waals surface area contributed by atoms with Gasteiger partial charge in [0.15, 0.2) is 0 Å². The Morgan fingerprint density at radius 3 is 2.54 bits per heavy atom. The SMILES string of the molecule is C[C@@H]1CC=CN1C(=O)OC(C)(C)C. The molecule has 0 aromatic rings. The van der Waals surface area contributed by atoms with Crippen LogP contribution >= 0.6 is 0 Å². The maximum atomic E-state index is 11.5. The summed E-state index contributed by atoms with van der Waals surface area (Å²) in [4.78, 5) is 13.2. The first-order valence-electron chi connectivity index (χ1n) is 4.58. The molecule has 0 N–H and O–H groups in total. The highest BCUT2D eigenvalue weighted by atomic mass is 16.6. The Hall–Kier alpha value is -0.990. The molecule has 74 valence electrons. The van der Waals surface area contributed by atoms with Crippen molar-refractivity contribution in [1.29, 1.82) is 0 Å². The molecule has 0 saturated carbocycles. The van der Waals surface area contributed by atoms with Crippen LogP contribution in [0.5, 0.6) is 0 Å². The molecule has 0 unspecified atom stereocenters. The minimum absolute atomic E-state index is 0.231. The summed E-state index contributed by atoms with van der Waals surface area (Å²) in [6.45, 7) is 7.62. The molecule has 3 heteroatoms. The molecule has 1 aliphatic rings. The van der Waals surface area contributed by atoms with E-state index >= 15 is 0 Å². The molecule has 0 fully saturated rings. The van der Waals surface area contributed by atoms with Gasteiger partial charge in [0.25, 0.3) is 0 Å². The second-order valence-corrected chi connectivity index (χ2v) is 4.36. The summed E-state index contributed by atoms with van der Waals surface area (Å²) in [5.41, 5.74) is -0.409. The molecular weight excluding hydrogens is 166 g/mol. The van der Waals surface area contributed by atoms with Crippen LogP contribution in [0.25, 0.3) is 0 Å². The van der Waals surface area contributed by atoms with Crippen LogP contribution in [0.4, 0.5) is 4.79 Å². The van der Waals surface area contributed by atoms with E-state index in [1.807, 2.05) is 33.8 Å². The number of rotatable bonds is 0. The molecule has 0 spiro atoms. The first-order valence-corrected chi connectivity index (χ1v) is 4.58. The zero-order chi connectivity index (χ0) is 10.1. The second-order valence-electron chi connectivity index (χ2n) is 4.36. The fourth-order valence-corrected chi connectivity index (χ4v) is 1.19. The van der Waals surface area contributed by atoms with E-state index < -0.39 is 5.60 Å². The number of hydrogen-bond acceptors (Lipinski definition) is 2. The quantitative estimate of drug-likeness (QED) is 0.577. The molecule has 1 heterocycles. The van der Waals surface area contributed by atoms with Gasteiger partial charge in [-0.2, -0.15) is 0 Å². The molecule has 0 aromatic carbocycles.